The highest BCUT2D eigenvalue weighted by Crippen LogP contribution is 2.48. The number of aromatic hydroxyl groups is 2. The Labute approximate surface area is 416 Å². The van der Waals surface area contributed by atoms with Crippen LogP contribution in [-0.2, 0) is 72.7 Å². The van der Waals surface area contributed by atoms with Crippen molar-refractivity contribution in [3.63, 3.8) is 0 Å². The van der Waals surface area contributed by atoms with Crippen LogP contribution in [0.2, 0.25) is 0 Å². The van der Waals surface area contributed by atoms with Gasteiger partial charge < -0.3 is 40.1 Å². The molecule has 1 saturated heterocycles. The van der Waals surface area contributed by atoms with E-state index in [0.717, 1.165) is 33.4 Å². The number of nitrogens with zero attached hydrogens (tertiary/aromatic N) is 1. The van der Waals surface area contributed by atoms with Crippen LogP contribution in [0.3, 0.4) is 0 Å². The Morgan fingerprint density at radius 1 is 0.643 bits per heavy atom. The predicted octanol–water partition coefficient (Wildman–Crippen LogP) is 10.1. The summed E-state index contributed by atoms with van der Waals surface area (Å²) in [5.41, 5.74) is 0.407. The van der Waals surface area contributed by atoms with Crippen LogP contribution < -0.4 is 0 Å². The van der Waals surface area contributed by atoms with E-state index in [9.17, 15) is 44.1 Å². The fourth-order valence-electron chi connectivity index (χ4n) is 8.88. The first-order valence-corrected chi connectivity index (χ1v) is 24.4. The maximum atomic E-state index is 13.5. The largest absolute Gasteiger partial charge is 0.507 e. The van der Waals surface area contributed by atoms with Gasteiger partial charge in [-0.2, -0.15) is 0 Å². The van der Waals surface area contributed by atoms with Crippen LogP contribution in [0.1, 0.15) is 197 Å². The van der Waals surface area contributed by atoms with E-state index in [1.54, 1.807) is 0 Å². The molecule has 3 rings (SSSR count). The first-order valence-electron chi connectivity index (χ1n) is 24.4. The van der Waals surface area contributed by atoms with Crippen molar-refractivity contribution in [1.82, 2.24) is 4.90 Å². The molecule has 0 amide bonds. The van der Waals surface area contributed by atoms with E-state index in [4.69, 9.17) is 24.8 Å². The third-order valence-corrected chi connectivity index (χ3v) is 14.3. The van der Waals surface area contributed by atoms with E-state index in [1.807, 2.05) is 63.8 Å². The average Bonchev–Trinajstić information content (AvgIpc) is 3.19. The van der Waals surface area contributed by atoms with Gasteiger partial charge in [0.15, 0.2) is 5.41 Å². The van der Waals surface area contributed by atoms with E-state index in [-0.39, 0.29) is 65.6 Å². The number of aryl methyl sites for hydroxylation is 2. The first kappa shape index (κ1) is 60.9. The molecule has 1 fully saturated rings. The predicted molar refractivity (Wildman–Crippen MR) is 269 cm³/mol. The van der Waals surface area contributed by atoms with E-state index < -0.39 is 70.9 Å². The molecule has 0 aromatic heterocycles. The van der Waals surface area contributed by atoms with Crippen molar-refractivity contribution in [2.24, 2.45) is 10.8 Å². The lowest BCUT2D eigenvalue weighted by molar-refractivity contribution is -0.194. The summed E-state index contributed by atoms with van der Waals surface area (Å²) in [5, 5.41) is 58.4. The number of esters is 2. The number of benzene rings is 2. The van der Waals surface area contributed by atoms with Crippen molar-refractivity contribution in [2.75, 3.05) is 6.54 Å². The number of carbonyl (C=O) groups is 6. The number of rotatable bonds is 17. The minimum absolute atomic E-state index is 0.0938. The highest BCUT2D eigenvalue weighted by atomic mass is 16.5. The Morgan fingerprint density at radius 3 is 1.30 bits per heavy atom. The molecule has 3 atom stereocenters. The van der Waals surface area contributed by atoms with Gasteiger partial charge in [0.05, 0.1) is 6.42 Å². The third-order valence-electron chi connectivity index (χ3n) is 14.3. The molecule has 6 N–H and O–H groups in total. The summed E-state index contributed by atoms with van der Waals surface area (Å²) in [6, 6.07) is 6.93. The summed E-state index contributed by atoms with van der Waals surface area (Å²) in [7, 11) is 0. The lowest BCUT2D eigenvalue weighted by atomic mass is 9.64. The molecule has 1 aliphatic heterocycles. The van der Waals surface area contributed by atoms with E-state index in [2.05, 4.69) is 83.1 Å². The van der Waals surface area contributed by atoms with Crippen molar-refractivity contribution in [3.8, 4) is 11.5 Å². The number of hydrogen-bond donors (Lipinski definition) is 6. The first-order chi connectivity index (χ1) is 31.6. The Hall–Kier alpha value is -5.18. The standard InChI is InChI=1S/C48H75NO8.C7H10O6/c1-18-31(56-38(50)21-19-29-23-32(43(2,3)4)40(52)33(24-29)44(5,6)7)28-49-36(42(54)55)27-37(47(14,15)48(49,16)17)57-39(51)22-20-30-25-34(45(8,9)10)41(53)35(26-30)46(11,12)13;1-2-7(5(10)11,6(12)13)3-4(8)9/h23-26,31,36-37,52-53H,18-22,27-28H2,1-17H3,(H,54,55);2-3H2,1H3,(H,8,9)(H,10,11)(H,12,13). The van der Waals surface area contributed by atoms with Crippen LogP contribution in [0.4, 0.5) is 0 Å². The van der Waals surface area contributed by atoms with Gasteiger partial charge in [0.1, 0.15) is 29.7 Å². The molecule has 0 radical (unpaired) electrons. The second kappa shape index (κ2) is 22.5. The van der Waals surface area contributed by atoms with Crippen LogP contribution >= 0.6 is 0 Å². The molecular weight excluding hydrogens is 899 g/mol. The van der Waals surface area contributed by atoms with Crippen molar-refractivity contribution < 1.29 is 68.9 Å². The van der Waals surface area contributed by atoms with Gasteiger partial charge in [-0.25, -0.2) is 0 Å². The van der Waals surface area contributed by atoms with Crippen LogP contribution in [0.15, 0.2) is 24.3 Å². The minimum Gasteiger partial charge on any atom is -0.507 e. The van der Waals surface area contributed by atoms with Gasteiger partial charge in [-0.05, 0) is 94.6 Å². The fourth-order valence-corrected chi connectivity index (χ4v) is 8.88. The van der Waals surface area contributed by atoms with Crippen molar-refractivity contribution in [2.45, 2.75) is 221 Å². The maximum Gasteiger partial charge on any atom is 0.321 e. The quantitative estimate of drug-likeness (QED) is 0.0638. The SMILES string of the molecule is CCC(CC(=O)O)(C(=O)O)C(=O)O.CCC(CN1C(C(=O)O)CC(OC(=O)CCc2cc(C(C)(C)C)c(O)c(C(C)(C)C)c2)C(C)(C)C1(C)C)OC(=O)CCc1cc(C(C)(C)C)c(O)c(C(C)(C)C)c1. The lowest BCUT2D eigenvalue weighted by Crippen LogP contribution is -2.69. The van der Waals surface area contributed by atoms with Crippen molar-refractivity contribution in [3.05, 3.63) is 57.6 Å². The Morgan fingerprint density at radius 2 is 1.01 bits per heavy atom. The average molecular weight is 984 g/mol. The topological polar surface area (TPSA) is 245 Å². The summed E-state index contributed by atoms with van der Waals surface area (Å²) in [6.07, 6.45) is -0.687. The second-order valence-electron chi connectivity index (χ2n) is 24.2. The summed E-state index contributed by atoms with van der Waals surface area (Å²) >= 11 is 0. The number of aliphatic carboxylic acids is 4. The Bertz CT molecular complexity index is 2140. The molecule has 70 heavy (non-hydrogen) atoms. The summed E-state index contributed by atoms with van der Waals surface area (Å²) in [6.45, 7) is 36.1. The molecule has 1 heterocycles. The summed E-state index contributed by atoms with van der Waals surface area (Å²) < 4.78 is 12.2. The van der Waals surface area contributed by atoms with Crippen molar-refractivity contribution >= 4 is 35.8 Å². The number of piperidine rings is 1. The molecule has 15 nitrogen and oxygen atoms in total. The normalized spacial score (nSPS) is 17.9. The molecule has 2 aromatic carbocycles. The van der Waals surface area contributed by atoms with E-state index >= 15 is 0 Å². The van der Waals surface area contributed by atoms with Gasteiger partial charge in [0, 0.05) is 36.8 Å². The van der Waals surface area contributed by atoms with Gasteiger partial charge in [-0.1, -0.05) is 135 Å². The van der Waals surface area contributed by atoms with Gasteiger partial charge in [-0.3, -0.25) is 33.7 Å². The zero-order valence-corrected chi connectivity index (χ0v) is 45.3. The molecule has 0 spiro atoms. The monoisotopic (exact) mass is 984 g/mol. The number of phenolic OH excluding ortho intramolecular Hbond substituents is 2. The fraction of sp³-hybridized carbons (Fsp3) is 0.673. The lowest BCUT2D eigenvalue weighted by Gasteiger charge is -2.58. The molecule has 394 valence electrons. The zero-order valence-electron chi connectivity index (χ0n) is 45.3. The van der Waals surface area contributed by atoms with Gasteiger partial charge in [0.25, 0.3) is 0 Å². The maximum absolute atomic E-state index is 13.5. The van der Waals surface area contributed by atoms with Gasteiger partial charge in [-0.15, -0.1) is 0 Å². The molecule has 0 aliphatic carbocycles. The number of phenols is 2. The highest BCUT2D eigenvalue weighted by Gasteiger charge is 2.57. The van der Waals surface area contributed by atoms with E-state index in [0.29, 0.717) is 25.0 Å². The van der Waals surface area contributed by atoms with Gasteiger partial charge in [0.2, 0.25) is 0 Å². The third kappa shape index (κ3) is 14.7. The number of ether oxygens (including phenoxy) is 2. The molecular formula is C55H85NO14. The number of carboxylic acid groups (broad SMARTS) is 4. The Balaban J connectivity index is 0.00000112. The second-order valence-corrected chi connectivity index (χ2v) is 24.2. The zero-order chi connectivity index (χ0) is 54.5. The van der Waals surface area contributed by atoms with Crippen molar-refractivity contribution in [1.29, 1.82) is 0 Å². The van der Waals surface area contributed by atoms with Crippen LogP contribution in [0.25, 0.3) is 0 Å². The number of likely N-dealkylation sites (tertiary alicyclic amines) is 1. The summed E-state index contributed by atoms with van der Waals surface area (Å²) in [4.78, 5) is 73.1. The summed E-state index contributed by atoms with van der Waals surface area (Å²) in [5.74, 6) is -5.89. The number of carboxylic acids is 4. The van der Waals surface area contributed by atoms with Gasteiger partial charge >= 0.3 is 35.8 Å². The molecule has 0 saturated carbocycles. The van der Waals surface area contributed by atoms with Crippen LogP contribution in [0.5, 0.6) is 11.5 Å². The number of hydrogen-bond acceptors (Lipinski definition) is 11. The molecule has 0 bridgehead atoms. The van der Waals surface area contributed by atoms with E-state index in [1.165, 1.54) is 6.92 Å². The van der Waals surface area contributed by atoms with Crippen LogP contribution in [-0.4, -0.2) is 102 Å². The molecule has 3 unspecified atom stereocenters. The number of carbonyl (C=O) groups excluding carboxylic acids is 2. The van der Waals surface area contributed by atoms with Crippen LogP contribution in [0, 0.1) is 10.8 Å². The molecule has 15 heteroatoms. The molecule has 1 aliphatic rings. The smallest absolute Gasteiger partial charge is 0.321 e. The Kier molecular flexibility index (Phi) is 19.6. The molecule has 2 aromatic rings. The highest BCUT2D eigenvalue weighted by molar-refractivity contribution is 6.01. The minimum atomic E-state index is -2.20.